The molecule has 1 saturated heterocycles. The van der Waals surface area contributed by atoms with Gasteiger partial charge in [0, 0.05) is 61.2 Å². The second-order valence-corrected chi connectivity index (χ2v) is 7.02. The standard InChI is InChI=1S/C22H21FN4O3/c23-20-15(14-28)4-3-5-18(20)16-12-25-22(26-13-16)30-17-7-10-27(11-8-17)21(29)19-6-1-2-9-24-19/h1-6,9,12-13,17,28H,7-8,10-11,14H2. The molecule has 3 aromatic rings. The van der Waals surface area contributed by atoms with Crippen molar-refractivity contribution in [1.82, 2.24) is 19.9 Å². The van der Waals surface area contributed by atoms with Gasteiger partial charge in [0.25, 0.3) is 5.91 Å². The van der Waals surface area contributed by atoms with Crippen LogP contribution in [0.2, 0.25) is 0 Å². The van der Waals surface area contributed by atoms with Crippen LogP contribution in [0.1, 0.15) is 28.9 Å². The Hall–Kier alpha value is -3.39. The lowest BCUT2D eigenvalue weighted by Crippen LogP contribution is -2.42. The summed E-state index contributed by atoms with van der Waals surface area (Å²) in [7, 11) is 0. The molecule has 1 N–H and O–H groups in total. The van der Waals surface area contributed by atoms with Crippen molar-refractivity contribution in [1.29, 1.82) is 0 Å². The minimum Gasteiger partial charge on any atom is -0.460 e. The Morgan fingerprint density at radius 1 is 1.10 bits per heavy atom. The number of benzene rings is 1. The number of piperidine rings is 1. The van der Waals surface area contributed by atoms with Crippen molar-refractivity contribution in [3.8, 4) is 17.1 Å². The summed E-state index contributed by atoms with van der Waals surface area (Å²) in [4.78, 5) is 26.7. The maximum absolute atomic E-state index is 14.4. The van der Waals surface area contributed by atoms with E-state index in [1.54, 1.807) is 41.4 Å². The number of likely N-dealkylation sites (tertiary alicyclic amines) is 1. The van der Waals surface area contributed by atoms with Crippen molar-refractivity contribution in [3.05, 3.63) is 72.1 Å². The van der Waals surface area contributed by atoms with Crippen LogP contribution in [0, 0.1) is 5.82 Å². The van der Waals surface area contributed by atoms with Crippen molar-refractivity contribution in [3.63, 3.8) is 0 Å². The van der Waals surface area contributed by atoms with Gasteiger partial charge in [0.05, 0.1) is 6.61 Å². The maximum atomic E-state index is 14.4. The zero-order valence-corrected chi connectivity index (χ0v) is 16.2. The van der Waals surface area contributed by atoms with E-state index in [2.05, 4.69) is 15.0 Å². The fourth-order valence-corrected chi connectivity index (χ4v) is 3.42. The first-order valence-electron chi connectivity index (χ1n) is 9.73. The molecular weight excluding hydrogens is 387 g/mol. The molecule has 4 rings (SSSR count). The first-order valence-corrected chi connectivity index (χ1v) is 9.73. The topological polar surface area (TPSA) is 88.4 Å². The Labute approximate surface area is 173 Å². The number of ether oxygens (including phenoxy) is 1. The quantitative estimate of drug-likeness (QED) is 0.698. The molecule has 0 radical (unpaired) electrons. The number of nitrogens with zero attached hydrogens (tertiary/aromatic N) is 4. The van der Waals surface area contributed by atoms with Gasteiger partial charge in [0.1, 0.15) is 17.6 Å². The molecule has 154 valence electrons. The Balaban J connectivity index is 1.35. The zero-order chi connectivity index (χ0) is 20.9. The van der Waals surface area contributed by atoms with Gasteiger partial charge >= 0.3 is 6.01 Å². The number of aliphatic hydroxyl groups is 1. The van der Waals surface area contributed by atoms with Gasteiger partial charge in [-0.15, -0.1) is 0 Å². The fourth-order valence-electron chi connectivity index (χ4n) is 3.42. The summed E-state index contributed by atoms with van der Waals surface area (Å²) in [5.74, 6) is -0.566. The summed E-state index contributed by atoms with van der Waals surface area (Å²) in [5, 5.41) is 9.21. The molecule has 1 aliphatic rings. The van der Waals surface area contributed by atoms with Gasteiger partial charge < -0.3 is 14.7 Å². The van der Waals surface area contributed by atoms with Crippen LogP contribution < -0.4 is 4.74 Å². The molecule has 3 heterocycles. The lowest BCUT2D eigenvalue weighted by atomic mass is 10.1. The molecule has 1 aliphatic heterocycles. The summed E-state index contributed by atoms with van der Waals surface area (Å²) in [5.41, 5.74) is 1.49. The number of rotatable bonds is 5. The molecule has 0 aliphatic carbocycles. The summed E-state index contributed by atoms with van der Waals surface area (Å²) in [6.07, 6.45) is 5.84. The number of pyridine rings is 1. The number of aromatic nitrogens is 3. The first-order chi connectivity index (χ1) is 14.7. The highest BCUT2D eigenvalue weighted by Crippen LogP contribution is 2.25. The third kappa shape index (κ3) is 4.28. The predicted molar refractivity (Wildman–Crippen MR) is 107 cm³/mol. The molecule has 30 heavy (non-hydrogen) atoms. The molecule has 8 heteroatoms. The highest BCUT2D eigenvalue weighted by Gasteiger charge is 2.25. The van der Waals surface area contributed by atoms with E-state index in [4.69, 9.17) is 4.74 Å². The van der Waals surface area contributed by atoms with Crippen LogP contribution in [0.15, 0.2) is 55.0 Å². The van der Waals surface area contributed by atoms with Crippen molar-refractivity contribution >= 4 is 5.91 Å². The molecule has 0 atom stereocenters. The lowest BCUT2D eigenvalue weighted by Gasteiger charge is -2.31. The number of halogens is 1. The van der Waals surface area contributed by atoms with E-state index in [0.29, 0.717) is 42.8 Å². The molecule has 1 aromatic carbocycles. The third-order valence-corrected chi connectivity index (χ3v) is 5.07. The predicted octanol–water partition coefficient (Wildman–Crippen LogP) is 2.85. The molecular formula is C22H21FN4O3. The van der Waals surface area contributed by atoms with Crippen LogP contribution in [0.4, 0.5) is 4.39 Å². The Bertz CT molecular complexity index is 1010. The van der Waals surface area contributed by atoms with Crippen LogP contribution in [-0.4, -0.2) is 50.1 Å². The number of carbonyl (C=O) groups excluding carboxylic acids is 1. The van der Waals surface area contributed by atoms with Crippen molar-refractivity contribution in [2.75, 3.05) is 13.1 Å². The third-order valence-electron chi connectivity index (χ3n) is 5.07. The van der Waals surface area contributed by atoms with E-state index in [1.807, 2.05) is 0 Å². The average Bonchev–Trinajstić information content (AvgIpc) is 2.80. The zero-order valence-electron chi connectivity index (χ0n) is 16.2. The van der Waals surface area contributed by atoms with Gasteiger partial charge in [-0.1, -0.05) is 24.3 Å². The summed E-state index contributed by atoms with van der Waals surface area (Å²) >= 11 is 0. The van der Waals surface area contributed by atoms with Crippen molar-refractivity contribution in [2.45, 2.75) is 25.6 Å². The lowest BCUT2D eigenvalue weighted by molar-refractivity contribution is 0.0573. The minimum atomic E-state index is -0.484. The number of carbonyl (C=O) groups is 1. The molecule has 0 spiro atoms. The summed E-state index contributed by atoms with van der Waals surface area (Å²) in [6, 6.07) is 10.3. The van der Waals surface area contributed by atoms with E-state index >= 15 is 0 Å². The number of amides is 1. The van der Waals surface area contributed by atoms with Gasteiger partial charge in [0.2, 0.25) is 0 Å². The van der Waals surface area contributed by atoms with Gasteiger partial charge in [-0.3, -0.25) is 9.78 Å². The Morgan fingerprint density at radius 3 is 2.53 bits per heavy atom. The molecule has 0 unspecified atom stereocenters. The van der Waals surface area contributed by atoms with E-state index in [0.717, 1.165) is 0 Å². The second-order valence-electron chi connectivity index (χ2n) is 7.02. The van der Waals surface area contributed by atoms with Crippen LogP contribution in [0.25, 0.3) is 11.1 Å². The van der Waals surface area contributed by atoms with Crippen LogP contribution in [-0.2, 0) is 6.61 Å². The molecule has 7 nitrogen and oxygen atoms in total. The van der Waals surface area contributed by atoms with E-state index in [1.165, 1.54) is 18.5 Å². The fraction of sp³-hybridized carbons (Fsp3) is 0.273. The van der Waals surface area contributed by atoms with Gasteiger partial charge in [-0.05, 0) is 12.1 Å². The highest BCUT2D eigenvalue weighted by molar-refractivity contribution is 5.92. The van der Waals surface area contributed by atoms with Crippen LogP contribution in [0.3, 0.4) is 0 Å². The smallest absolute Gasteiger partial charge is 0.316 e. The monoisotopic (exact) mass is 408 g/mol. The Kier molecular flexibility index (Phi) is 5.94. The highest BCUT2D eigenvalue weighted by atomic mass is 19.1. The van der Waals surface area contributed by atoms with E-state index in [9.17, 15) is 14.3 Å². The van der Waals surface area contributed by atoms with Gasteiger partial charge in [-0.25, -0.2) is 14.4 Å². The van der Waals surface area contributed by atoms with Gasteiger partial charge in [-0.2, -0.15) is 0 Å². The molecule has 0 saturated carbocycles. The average molecular weight is 408 g/mol. The molecule has 1 amide bonds. The van der Waals surface area contributed by atoms with Crippen molar-refractivity contribution in [2.24, 2.45) is 0 Å². The van der Waals surface area contributed by atoms with E-state index in [-0.39, 0.29) is 30.2 Å². The SMILES string of the molecule is O=C(c1ccccn1)N1CCC(Oc2ncc(-c3cccc(CO)c3F)cn2)CC1. The number of aliphatic hydroxyl groups excluding tert-OH is 1. The molecule has 0 bridgehead atoms. The van der Waals surface area contributed by atoms with Crippen LogP contribution in [0.5, 0.6) is 6.01 Å². The number of hydrogen-bond donors (Lipinski definition) is 1. The van der Waals surface area contributed by atoms with Crippen molar-refractivity contribution < 1.29 is 19.0 Å². The summed E-state index contributed by atoms with van der Waals surface area (Å²) < 4.78 is 20.2. The van der Waals surface area contributed by atoms with Crippen LogP contribution >= 0.6 is 0 Å². The van der Waals surface area contributed by atoms with Gasteiger partial charge in [0.15, 0.2) is 0 Å². The normalized spacial score (nSPS) is 14.5. The second kappa shape index (κ2) is 8.96. The summed E-state index contributed by atoms with van der Waals surface area (Å²) in [6.45, 7) is 0.762. The first kappa shape index (κ1) is 19.9. The minimum absolute atomic E-state index is 0.0817. The maximum Gasteiger partial charge on any atom is 0.316 e. The van der Waals surface area contributed by atoms with E-state index < -0.39 is 5.82 Å². The largest absolute Gasteiger partial charge is 0.460 e. The Morgan fingerprint density at radius 2 is 1.87 bits per heavy atom. The molecule has 2 aromatic heterocycles. The molecule has 1 fully saturated rings. The number of hydrogen-bond acceptors (Lipinski definition) is 6.